The molecule has 0 spiro atoms. The minimum atomic E-state index is -4.33. The van der Waals surface area contributed by atoms with E-state index in [1.54, 1.807) is 29.2 Å². The van der Waals surface area contributed by atoms with Crippen LogP contribution in [0.1, 0.15) is 27.5 Å². The predicted molar refractivity (Wildman–Crippen MR) is 85.6 cm³/mol. The minimum Gasteiger partial charge on any atom is -0.298 e. The lowest BCUT2D eigenvalue weighted by Crippen LogP contribution is -2.26. The molecule has 0 amide bonds. The summed E-state index contributed by atoms with van der Waals surface area (Å²) in [5, 5.41) is 0. The molecular formula is C19H16F3NO. The van der Waals surface area contributed by atoms with Gasteiger partial charge in [0.1, 0.15) is 6.29 Å². The van der Waals surface area contributed by atoms with Gasteiger partial charge in [-0.1, -0.05) is 60.7 Å². The molecule has 1 aliphatic heterocycles. The van der Waals surface area contributed by atoms with Gasteiger partial charge in [-0.2, -0.15) is 13.2 Å². The number of carbonyl (C=O) groups is 1. The smallest absolute Gasteiger partial charge is 0.298 e. The summed E-state index contributed by atoms with van der Waals surface area (Å²) in [6.45, 7) is 0.287. The van der Waals surface area contributed by atoms with E-state index in [0.29, 0.717) is 12.1 Å². The van der Waals surface area contributed by atoms with Crippen LogP contribution in [0, 0.1) is 0 Å². The Bertz CT molecular complexity index is 735. The van der Waals surface area contributed by atoms with Crippen LogP contribution in [0.25, 0.3) is 0 Å². The Morgan fingerprint density at radius 2 is 1.71 bits per heavy atom. The van der Waals surface area contributed by atoms with Crippen LogP contribution in [-0.2, 0) is 6.54 Å². The van der Waals surface area contributed by atoms with Gasteiger partial charge in [-0.05, 0) is 11.1 Å². The summed E-state index contributed by atoms with van der Waals surface area (Å²) in [5.74, 6) is 0. The van der Waals surface area contributed by atoms with Gasteiger partial charge in [-0.25, -0.2) is 0 Å². The standard InChI is InChI=1S/C19H16F3NO/c20-19(21,22)17-10-18(16-8-6-15(13-24)7-9-16)23(12-17)11-14-4-2-1-3-5-14/h1-10,13,18H,11-12H2. The second-order valence-electron chi connectivity index (χ2n) is 5.81. The van der Waals surface area contributed by atoms with Gasteiger partial charge in [0.05, 0.1) is 6.04 Å². The Labute approximate surface area is 138 Å². The number of hydrogen-bond acceptors (Lipinski definition) is 2. The van der Waals surface area contributed by atoms with Crippen LogP contribution in [0.4, 0.5) is 13.2 Å². The lowest BCUT2D eigenvalue weighted by molar-refractivity contribution is -0.0937. The average molecular weight is 331 g/mol. The van der Waals surface area contributed by atoms with Gasteiger partial charge < -0.3 is 0 Å². The molecule has 1 aliphatic rings. The number of alkyl halides is 3. The predicted octanol–water partition coefficient (Wildman–Crippen LogP) is 4.54. The maximum Gasteiger partial charge on any atom is 0.413 e. The maximum absolute atomic E-state index is 13.1. The molecule has 3 rings (SSSR count). The monoisotopic (exact) mass is 331 g/mol. The van der Waals surface area contributed by atoms with Crippen LogP contribution < -0.4 is 0 Å². The topological polar surface area (TPSA) is 20.3 Å². The van der Waals surface area contributed by atoms with Gasteiger partial charge in [0.25, 0.3) is 0 Å². The van der Waals surface area contributed by atoms with E-state index < -0.39 is 17.8 Å². The van der Waals surface area contributed by atoms with Crippen molar-refractivity contribution in [3.8, 4) is 0 Å². The van der Waals surface area contributed by atoms with E-state index in [4.69, 9.17) is 0 Å². The van der Waals surface area contributed by atoms with Crippen molar-refractivity contribution >= 4 is 6.29 Å². The van der Waals surface area contributed by atoms with Crippen LogP contribution in [0.5, 0.6) is 0 Å². The van der Waals surface area contributed by atoms with Crippen LogP contribution in [-0.4, -0.2) is 23.9 Å². The number of aldehydes is 1. The lowest BCUT2D eigenvalue weighted by atomic mass is 10.0. The van der Waals surface area contributed by atoms with Crippen molar-refractivity contribution in [3.63, 3.8) is 0 Å². The fourth-order valence-electron chi connectivity index (χ4n) is 2.90. The van der Waals surface area contributed by atoms with Gasteiger partial charge in [0.15, 0.2) is 0 Å². The molecule has 0 bridgehead atoms. The van der Waals surface area contributed by atoms with Gasteiger partial charge in [0, 0.05) is 24.2 Å². The molecule has 0 fully saturated rings. The van der Waals surface area contributed by atoms with Gasteiger partial charge >= 0.3 is 6.18 Å². The minimum absolute atomic E-state index is 0.140. The van der Waals surface area contributed by atoms with E-state index >= 15 is 0 Å². The van der Waals surface area contributed by atoms with Crippen molar-refractivity contribution in [1.82, 2.24) is 4.90 Å². The molecule has 2 aromatic rings. The number of nitrogens with zero attached hydrogens (tertiary/aromatic N) is 1. The van der Waals surface area contributed by atoms with Crippen molar-refractivity contribution in [3.05, 3.63) is 82.9 Å². The average Bonchev–Trinajstić information content (AvgIpc) is 3.00. The molecule has 0 N–H and O–H groups in total. The van der Waals surface area contributed by atoms with E-state index in [-0.39, 0.29) is 6.54 Å². The highest BCUT2D eigenvalue weighted by atomic mass is 19.4. The number of benzene rings is 2. The SMILES string of the molecule is O=Cc1ccc(C2C=C(C(F)(F)F)CN2Cc2ccccc2)cc1. The molecule has 1 unspecified atom stereocenters. The molecule has 5 heteroatoms. The van der Waals surface area contributed by atoms with Crippen molar-refractivity contribution < 1.29 is 18.0 Å². The first-order chi connectivity index (χ1) is 11.5. The Kier molecular flexibility index (Phi) is 4.53. The Balaban J connectivity index is 1.90. The first-order valence-corrected chi connectivity index (χ1v) is 7.58. The molecule has 0 aliphatic carbocycles. The third-order valence-corrected chi connectivity index (χ3v) is 4.13. The summed E-state index contributed by atoms with van der Waals surface area (Å²) in [5.41, 5.74) is 1.69. The van der Waals surface area contributed by atoms with Crippen molar-refractivity contribution in [2.75, 3.05) is 6.54 Å². The molecule has 0 saturated carbocycles. The summed E-state index contributed by atoms with van der Waals surface area (Å²) < 4.78 is 39.4. The summed E-state index contributed by atoms with van der Waals surface area (Å²) in [6.07, 6.45) is -2.33. The third kappa shape index (κ3) is 3.57. The summed E-state index contributed by atoms with van der Waals surface area (Å²) in [7, 11) is 0. The van der Waals surface area contributed by atoms with Crippen molar-refractivity contribution in [2.45, 2.75) is 18.8 Å². The maximum atomic E-state index is 13.1. The second kappa shape index (κ2) is 6.61. The zero-order valence-corrected chi connectivity index (χ0v) is 12.8. The molecule has 2 nitrogen and oxygen atoms in total. The molecule has 124 valence electrons. The summed E-state index contributed by atoms with van der Waals surface area (Å²) in [4.78, 5) is 12.5. The largest absolute Gasteiger partial charge is 0.413 e. The number of hydrogen-bond donors (Lipinski definition) is 0. The Hall–Kier alpha value is -2.40. The van der Waals surface area contributed by atoms with Gasteiger partial charge in [-0.15, -0.1) is 0 Å². The zero-order valence-electron chi connectivity index (χ0n) is 12.8. The van der Waals surface area contributed by atoms with Crippen LogP contribution in [0.3, 0.4) is 0 Å². The normalized spacial score (nSPS) is 18.5. The number of rotatable bonds is 4. The summed E-state index contributed by atoms with van der Waals surface area (Å²) >= 11 is 0. The first kappa shape index (κ1) is 16.5. The molecule has 1 atom stereocenters. The number of halogens is 3. The van der Waals surface area contributed by atoms with Gasteiger partial charge in [0.2, 0.25) is 0 Å². The zero-order chi connectivity index (χ0) is 17.2. The molecule has 0 saturated heterocycles. The fourth-order valence-corrected chi connectivity index (χ4v) is 2.90. The third-order valence-electron chi connectivity index (χ3n) is 4.13. The Morgan fingerprint density at radius 1 is 1.04 bits per heavy atom. The molecular weight excluding hydrogens is 315 g/mol. The quantitative estimate of drug-likeness (QED) is 0.605. The van der Waals surface area contributed by atoms with Crippen LogP contribution in [0.2, 0.25) is 0 Å². The highest BCUT2D eigenvalue weighted by Crippen LogP contribution is 2.38. The van der Waals surface area contributed by atoms with Crippen molar-refractivity contribution in [1.29, 1.82) is 0 Å². The van der Waals surface area contributed by atoms with Crippen LogP contribution in [0.15, 0.2) is 66.2 Å². The van der Waals surface area contributed by atoms with E-state index in [1.807, 2.05) is 30.3 Å². The molecule has 0 radical (unpaired) electrons. The fraction of sp³-hybridized carbons (Fsp3) is 0.211. The lowest BCUT2D eigenvalue weighted by Gasteiger charge is -2.25. The molecule has 0 aromatic heterocycles. The summed E-state index contributed by atoms with van der Waals surface area (Å²) in [6, 6.07) is 15.6. The van der Waals surface area contributed by atoms with Gasteiger partial charge in [-0.3, -0.25) is 9.69 Å². The van der Waals surface area contributed by atoms with E-state index in [2.05, 4.69) is 0 Å². The highest BCUT2D eigenvalue weighted by Gasteiger charge is 2.40. The molecule has 24 heavy (non-hydrogen) atoms. The van der Waals surface area contributed by atoms with E-state index in [0.717, 1.165) is 17.4 Å². The Morgan fingerprint density at radius 3 is 2.29 bits per heavy atom. The highest BCUT2D eigenvalue weighted by molar-refractivity contribution is 5.74. The molecule has 2 aromatic carbocycles. The van der Waals surface area contributed by atoms with Crippen LogP contribution >= 0.6 is 0 Å². The van der Waals surface area contributed by atoms with E-state index in [9.17, 15) is 18.0 Å². The molecule has 1 heterocycles. The first-order valence-electron chi connectivity index (χ1n) is 7.58. The second-order valence-corrected chi connectivity index (χ2v) is 5.81. The van der Waals surface area contributed by atoms with E-state index in [1.165, 1.54) is 6.08 Å². The van der Waals surface area contributed by atoms with Crippen molar-refractivity contribution in [2.24, 2.45) is 0 Å². The number of carbonyl (C=O) groups excluding carboxylic acids is 1.